The summed E-state index contributed by atoms with van der Waals surface area (Å²) in [6.45, 7) is 4.64. The molecule has 0 aliphatic carbocycles. The van der Waals surface area contributed by atoms with Gasteiger partial charge in [-0.15, -0.1) is 0 Å². The molecule has 0 aliphatic heterocycles. The molecule has 0 heterocycles. The van der Waals surface area contributed by atoms with E-state index in [2.05, 4.69) is 5.73 Å². The van der Waals surface area contributed by atoms with Crippen LogP contribution in [0.25, 0.3) is 0 Å². The SMILES string of the molecule is CC(C)(C)OC(=O)CC(CC(F)(F)F)C(=O)O.NC(CC(F)(F)F)C(=O)O. The Bertz CT molecular complexity index is 512. The molecule has 0 aromatic rings. The number of alkyl halides is 6. The number of rotatable bonds is 6. The zero-order valence-electron chi connectivity index (χ0n) is 14.6. The van der Waals surface area contributed by atoms with Crippen molar-refractivity contribution < 1.29 is 55.7 Å². The van der Waals surface area contributed by atoms with Gasteiger partial charge in [0.15, 0.2) is 0 Å². The summed E-state index contributed by atoms with van der Waals surface area (Å²) in [6, 6.07) is -1.85. The van der Waals surface area contributed by atoms with Gasteiger partial charge in [-0.25, -0.2) is 0 Å². The van der Waals surface area contributed by atoms with Crippen molar-refractivity contribution in [2.24, 2.45) is 11.7 Å². The van der Waals surface area contributed by atoms with E-state index in [0.29, 0.717) is 0 Å². The number of hydrogen-bond donors (Lipinski definition) is 3. The van der Waals surface area contributed by atoms with E-state index in [1.807, 2.05) is 0 Å². The zero-order chi connectivity index (χ0) is 22.2. The topological polar surface area (TPSA) is 127 Å². The number of esters is 1. The molecule has 0 aliphatic rings. The number of ether oxygens (including phenoxy) is 1. The van der Waals surface area contributed by atoms with E-state index in [1.165, 1.54) is 0 Å². The minimum absolute atomic E-state index is 0.786. The van der Waals surface area contributed by atoms with E-state index in [9.17, 15) is 40.7 Å². The summed E-state index contributed by atoms with van der Waals surface area (Å²) < 4.78 is 74.8. The van der Waals surface area contributed by atoms with Crippen molar-refractivity contribution in [3.05, 3.63) is 0 Å². The lowest BCUT2D eigenvalue weighted by molar-refractivity contribution is -0.171. The third kappa shape index (κ3) is 18.5. The number of halogens is 6. The van der Waals surface area contributed by atoms with Crippen LogP contribution in [-0.4, -0.2) is 52.1 Å². The molecule has 4 N–H and O–H groups in total. The van der Waals surface area contributed by atoms with E-state index >= 15 is 0 Å². The van der Waals surface area contributed by atoms with Gasteiger partial charge in [-0.1, -0.05) is 0 Å². The highest BCUT2D eigenvalue weighted by Crippen LogP contribution is 2.27. The summed E-state index contributed by atoms with van der Waals surface area (Å²) in [5.41, 5.74) is 3.73. The predicted molar refractivity (Wildman–Crippen MR) is 78.5 cm³/mol. The van der Waals surface area contributed by atoms with E-state index < -0.39 is 67.1 Å². The molecule has 0 spiro atoms. The maximum Gasteiger partial charge on any atom is 0.391 e. The zero-order valence-corrected chi connectivity index (χ0v) is 14.6. The van der Waals surface area contributed by atoms with Crippen molar-refractivity contribution in [3.8, 4) is 0 Å². The number of aliphatic carboxylic acids is 2. The Morgan fingerprint density at radius 2 is 1.30 bits per heavy atom. The second-order valence-corrected chi connectivity index (χ2v) is 6.41. The summed E-state index contributed by atoms with van der Waals surface area (Å²) >= 11 is 0. The Morgan fingerprint density at radius 3 is 1.52 bits per heavy atom. The molecule has 0 saturated heterocycles. The fourth-order valence-corrected chi connectivity index (χ4v) is 1.45. The van der Waals surface area contributed by atoms with Crippen molar-refractivity contribution >= 4 is 17.9 Å². The highest BCUT2D eigenvalue weighted by atomic mass is 19.4. The van der Waals surface area contributed by atoms with Crippen LogP contribution in [0, 0.1) is 5.92 Å². The first kappa shape index (κ1) is 27.2. The van der Waals surface area contributed by atoms with Crippen LogP contribution in [0.3, 0.4) is 0 Å². The lowest BCUT2D eigenvalue weighted by atomic mass is 10.0. The molecule has 0 rings (SSSR count). The summed E-state index contributed by atoms with van der Waals surface area (Å²) in [4.78, 5) is 31.5. The van der Waals surface area contributed by atoms with Crippen molar-refractivity contribution in [1.29, 1.82) is 0 Å². The molecule has 0 radical (unpaired) electrons. The smallest absolute Gasteiger partial charge is 0.391 e. The van der Waals surface area contributed by atoms with Gasteiger partial charge in [0.2, 0.25) is 0 Å². The van der Waals surface area contributed by atoms with Crippen LogP contribution in [0.4, 0.5) is 26.3 Å². The van der Waals surface area contributed by atoms with Gasteiger partial charge in [-0.2, -0.15) is 26.3 Å². The Morgan fingerprint density at radius 1 is 0.889 bits per heavy atom. The molecule has 0 aromatic heterocycles. The summed E-state index contributed by atoms with van der Waals surface area (Å²) in [5.74, 6) is -6.05. The fourth-order valence-electron chi connectivity index (χ4n) is 1.45. The minimum atomic E-state index is -4.62. The standard InChI is InChI=1S/C10H15F3O4.C4H6F3NO2/c1-9(2,3)17-7(14)4-6(8(15)16)5-10(11,12)13;5-4(6,7)1-2(8)3(9)10/h6H,4-5H2,1-3H3,(H,15,16);2H,1,8H2,(H,9,10). The number of carbonyl (C=O) groups excluding carboxylic acids is 1. The molecule has 27 heavy (non-hydrogen) atoms. The Hall–Kier alpha value is -2.05. The third-order valence-corrected chi connectivity index (χ3v) is 2.43. The van der Waals surface area contributed by atoms with Gasteiger partial charge in [0.05, 0.1) is 25.2 Å². The molecular weight excluding hydrogens is 392 g/mol. The maximum atomic E-state index is 12.0. The van der Waals surface area contributed by atoms with Crippen molar-refractivity contribution in [3.63, 3.8) is 0 Å². The van der Waals surface area contributed by atoms with E-state index in [0.717, 1.165) is 0 Å². The predicted octanol–water partition coefficient (Wildman–Crippen LogP) is 2.72. The molecule has 0 amide bonds. The average Bonchev–Trinajstić information content (AvgIpc) is 2.32. The number of carboxylic acid groups (broad SMARTS) is 2. The first-order valence-electron chi connectivity index (χ1n) is 7.30. The third-order valence-electron chi connectivity index (χ3n) is 2.43. The van der Waals surface area contributed by atoms with Crippen LogP contribution in [0.5, 0.6) is 0 Å². The quantitative estimate of drug-likeness (QED) is 0.451. The molecule has 0 bridgehead atoms. The van der Waals surface area contributed by atoms with Gasteiger partial charge in [-0.3, -0.25) is 14.4 Å². The second-order valence-electron chi connectivity index (χ2n) is 6.41. The highest BCUT2D eigenvalue weighted by molar-refractivity contribution is 5.79. The molecule has 160 valence electrons. The molecule has 0 fully saturated rings. The van der Waals surface area contributed by atoms with Crippen LogP contribution >= 0.6 is 0 Å². The van der Waals surface area contributed by atoms with Gasteiger partial charge in [0, 0.05) is 0 Å². The van der Waals surface area contributed by atoms with Gasteiger partial charge < -0.3 is 20.7 Å². The van der Waals surface area contributed by atoms with Gasteiger partial charge in [0.25, 0.3) is 0 Å². The molecule has 0 saturated carbocycles. The Labute approximate surface area is 150 Å². The molecule has 7 nitrogen and oxygen atoms in total. The van der Waals surface area contributed by atoms with Gasteiger partial charge in [-0.05, 0) is 20.8 Å². The van der Waals surface area contributed by atoms with Crippen molar-refractivity contribution in [1.82, 2.24) is 0 Å². The van der Waals surface area contributed by atoms with E-state index in [4.69, 9.17) is 14.9 Å². The lowest BCUT2D eigenvalue weighted by Crippen LogP contribution is -2.34. The highest BCUT2D eigenvalue weighted by Gasteiger charge is 2.37. The van der Waals surface area contributed by atoms with Gasteiger partial charge >= 0.3 is 30.3 Å². The van der Waals surface area contributed by atoms with Crippen LogP contribution < -0.4 is 5.73 Å². The van der Waals surface area contributed by atoms with Crippen molar-refractivity contribution in [2.45, 2.75) is 64.0 Å². The first-order valence-corrected chi connectivity index (χ1v) is 7.30. The first-order chi connectivity index (χ1) is 11.7. The summed E-state index contributed by atoms with van der Waals surface area (Å²) in [6.07, 6.45) is -12.9. The van der Waals surface area contributed by atoms with Crippen molar-refractivity contribution in [2.75, 3.05) is 0 Å². The lowest BCUT2D eigenvalue weighted by Gasteiger charge is -2.21. The average molecular weight is 413 g/mol. The van der Waals surface area contributed by atoms with Crippen LogP contribution in [0.1, 0.15) is 40.0 Å². The van der Waals surface area contributed by atoms with Crippen LogP contribution in [-0.2, 0) is 19.1 Å². The molecule has 2 atom stereocenters. The number of carboxylic acids is 2. The second kappa shape index (κ2) is 10.3. The Kier molecular flexibility index (Phi) is 10.4. The fraction of sp³-hybridized carbons (Fsp3) is 0.786. The van der Waals surface area contributed by atoms with Gasteiger partial charge in [0.1, 0.15) is 11.6 Å². The molecular formula is C14H21F6NO6. The maximum absolute atomic E-state index is 12.0. The summed E-state index contributed by atoms with van der Waals surface area (Å²) in [7, 11) is 0. The number of hydrogen-bond acceptors (Lipinski definition) is 5. The monoisotopic (exact) mass is 413 g/mol. The largest absolute Gasteiger partial charge is 0.481 e. The normalized spacial score (nSPS) is 14.4. The van der Waals surface area contributed by atoms with Crippen LogP contribution in [0.2, 0.25) is 0 Å². The number of carbonyl (C=O) groups is 3. The minimum Gasteiger partial charge on any atom is -0.481 e. The number of nitrogens with two attached hydrogens (primary N) is 1. The van der Waals surface area contributed by atoms with E-state index in [-0.39, 0.29) is 0 Å². The molecule has 2 unspecified atom stereocenters. The van der Waals surface area contributed by atoms with E-state index in [1.54, 1.807) is 20.8 Å². The molecule has 13 heteroatoms. The molecule has 0 aromatic carbocycles. The Balaban J connectivity index is 0. The van der Waals surface area contributed by atoms with Crippen LogP contribution in [0.15, 0.2) is 0 Å². The summed E-state index contributed by atoms with van der Waals surface area (Å²) in [5, 5.41) is 16.5.